The fraction of sp³-hybridized carbons (Fsp3) is 0.471. The molecular formula is C17H24N2O3S. The zero-order chi connectivity index (χ0) is 17.0. The maximum absolute atomic E-state index is 12.5. The first kappa shape index (κ1) is 17.7. The summed E-state index contributed by atoms with van der Waals surface area (Å²) in [6.45, 7) is 7.46. The third-order valence-electron chi connectivity index (χ3n) is 4.28. The van der Waals surface area contributed by atoms with Crippen molar-refractivity contribution in [1.29, 1.82) is 0 Å². The lowest BCUT2D eigenvalue weighted by Crippen LogP contribution is -2.36. The van der Waals surface area contributed by atoms with Crippen molar-refractivity contribution < 1.29 is 13.2 Å². The highest BCUT2D eigenvalue weighted by Gasteiger charge is 2.20. The Labute approximate surface area is 138 Å². The minimum Gasteiger partial charge on any atom is -0.334 e. The average molecular weight is 336 g/mol. The molecule has 0 fully saturated rings. The van der Waals surface area contributed by atoms with Crippen LogP contribution in [0.2, 0.25) is 0 Å². The molecule has 126 valence electrons. The molecule has 1 heterocycles. The van der Waals surface area contributed by atoms with Gasteiger partial charge < -0.3 is 4.90 Å². The Morgan fingerprint density at radius 1 is 1.17 bits per heavy atom. The molecule has 0 spiro atoms. The van der Waals surface area contributed by atoms with E-state index in [1.54, 1.807) is 31.2 Å². The van der Waals surface area contributed by atoms with Gasteiger partial charge in [0.2, 0.25) is 10.0 Å². The number of hydrogen-bond donors (Lipinski definition) is 1. The number of sulfonamides is 1. The maximum atomic E-state index is 12.5. The van der Waals surface area contributed by atoms with Crippen LogP contribution < -0.4 is 4.72 Å². The molecule has 1 aliphatic heterocycles. The van der Waals surface area contributed by atoms with Crippen molar-refractivity contribution in [2.24, 2.45) is 0 Å². The monoisotopic (exact) mass is 336 g/mol. The molecule has 0 unspecified atom stereocenters. The molecule has 5 nitrogen and oxygen atoms in total. The predicted molar refractivity (Wildman–Crippen MR) is 91.6 cm³/mol. The zero-order valence-corrected chi connectivity index (χ0v) is 14.7. The first-order valence-corrected chi connectivity index (χ1v) is 9.48. The van der Waals surface area contributed by atoms with Gasteiger partial charge in [-0.15, -0.1) is 0 Å². The quantitative estimate of drug-likeness (QED) is 0.839. The Bertz CT molecular complexity index is 706. The molecule has 0 bridgehead atoms. The molecule has 0 saturated carbocycles. The minimum absolute atomic E-state index is 0.0255. The second-order valence-corrected chi connectivity index (χ2v) is 8.05. The highest BCUT2D eigenvalue weighted by molar-refractivity contribution is 7.89. The predicted octanol–water partition coefficient (Wildman–Crippen LogP) is 2.31. The van der Waals surface area contributed by atoms with Gasteiger partial charge in [-0.1, -0.05) is 23.3 Å². The number of amides is 1. The smallest absolute Gasteiger partial charge is 0.254 e. The molecule has 23 heavy (non-hydrogen) atoms. The molecule has 1 aromatic rings. The van der Waals surface area contributed by atoms with Crippen LogP contribution in [0, 0.1) is 0 Å². The standard InChI is InChI=1S/C17H24N2O3S/c1-4-23(21,22)18-11-15-5-7-16(8-6-15)17(20)19-10-9-13(2)14(3)12-19/h5-8,18H,4,9-12H2,1-3H3. The van der Waals surface area contributed by atoms with Gasteiger partial charge in [-0.25, -0.2) is 13.1 Å². The topological polar surface area (TPSA) is 66.5 Å². The van der Waals surface area contributed by atoms with Gasteiger partial charge >= 0.3 is 0 Å². The van der Waals surface area contributed by atoms with Gasteiger partial charge in [-0.2, -0.15) is 0 Å². The van der Waals surface area contributed by atoms with Crippen LogP contribution in [0.15, 0.2) is 35.4 Å². The van der Waals surface area contributed by atoms with Crippen LogP contribution in [0.25, 0.3) is 0 Å². The fourth-order valence-electron chi connectivity index (χ4n) is 2.43. The summed E-state index contributed by atoms with van der Waals surface area (Å²) in [6.07, 6.45) is 0.925. The number of carbonyl (C=O) groups excluding carboxylic acids is 1. The number of nitrogens with one attached hydrogen (secondary N) is 1. The Morgan fingerprint density at radius 3 is 2.39 bits per heavy atom. The summed E-state index contributed by atoms with van der Waals surface area (Å²) in [5.74, 6) is 0.0858. The normalized spacial score (nSPS) is 15.9. The summed E-state index contributed by atoms with van der Waals surface area (Å²) >= 11 is 0. The van der Waals surface area contributed by atoms with Crippen LogP contribution in [0.5, 0.6) is 0 Å². The van der Waals surface area contributed by atoms with E-state index in [9.17, 15) is 13.2 Å². The first-order chi connectivity index (χ1) is 10.8. The van der Waals surface area contributed by atoms with Crippen molar-refractivity contribution in [3.63, 3.8) is 0 Å². The van der Waals surface area contributed by atoms with E-state index in [1.165, 1.54) is 11.1 Å². The summed E-state index contributed by atoms with van der Waals surface area (Å²) in [5.41, 5.74) is 4.10. The SMILES string of the molecule is CCS(=O)(=O)NCc1ccc(C(=O)N2CCC(C)=C(C)C2)cc1. The molecule has 1 aliphatic rings. The molecule has 0 aromatic heterocycles. The van der Waals surface area contributed by atoms with Crippen LogP contribution >= 0.6 is 0 Å². The van der Waals surface area contributed by atoms with Gasteiger partial charge in [0.15, 0.2) is 0 Å². The number of carbonyl (C=O) groups is 1. The van der Waals surface area contributed by atoms with Gasteiger partial charge in [-0.05, 0) is 44.9 Å². The number of benzene rings is 1. The van der Waals surface area contributed by atoms with E-state index in [0.717, 1.165) is 18.5 Å². The van der Waals surface area contributed by atoms with E-state index in [0.29, 0.717) is 12.1 Å². The lowest BCUT2D eigenvalue weighted by molar-refractivity contribution is 0.0763. The Balaban J connectivity index is 2.01. The van der Waals surface area contributed by atoms with Crippen LogP contribution in [-0.4, -0.2) is 38.1 Å². The van der Waals surface area contributed by atoms with Gasteiger partial charge in [0, 0.05) is 25.2 Å². The lowest BCUT2D eigenvalue weighted by atomic mass is 10.0. The Kier molecular flexibility index (Phi) is 5.59. The van der Waals surface area contributed by atoms with Crippen molar-refractivity contribution in [2.75, 3.05) is 18.8 Å². The van der Waals surface area contributed by atoms with Gasteiger partial charge in [0.1, 0.15) is 0 Å². The van der Waals surface area contributed by atoms with Crippen LogP contribution in [0.1, 0.15) is 43.1 Å². The average Bonchev–Trinajstić information content (AvgIpc) is 2.55. The van der Waals surface area contributed by atoms with Crippen LogP contribution in [0.3, 0.4) is 0 Å². The summed E-state index contributed by atoms with van der Waals surface area (Å²) in [6, 6.07) is 7.11. The fourth-order valence-corrected chi connectivity index (χ4v) is 3.02. The third-order valence-corrected chi connectivity index (χ3v) is 5.62. The minimum atomic E-state index is -3.20. The third kappa shape index (κ3) is 4.65. The molecule has 0 saturated heterocycles. The van der Waals surface area contributed by atoms with E-state index in [2.05, 4.69) is 18.6 Å². The highest BCUT2D eigenvalue weighted by atomic mass is 32.2. The zero-order valence-electron chi connectivity index (χ0n) is 13.9. The van der Waals surface area contributed by atoms with Crippen molar-refractivity contribution in [3.8, 4) is 0 Å². The molecule has 0 radical (unpaired) electrons. The number of rotatable bonds is 5. The van der Waals surface area contributed by atoms with Gasteiger partial charge in [-0.3, -0.25) is 4.79 Å². The summed E-state index contributed by atoms with van der Waals surface area (Å²) in [7, 11) is -3.20. The molecule has 0 atom stereocenters. The van der Waals surface area contributed by atoms with Crippen molar-refractivity contribution >= 4 is 15.9 Å². The lowest BCUT2D eigenvalue weighted by Gasteiger charge is -2.28. The molecule has 2 rings (SSSR count). The van der Waals surface area contributed by atoms with Gasteiger partial charge in [0.05, 0.1) is 5.75 Å². The van der Waals surface area contributed by atoms with E-state index >= 15 is 0 Å². The Morgan fingerprint density at radius 2 is 1.83 bits per heavy atom. The van der Waals surface area contributed by atoms with E-state index in [4.69, 9.17) is 0 Å². The van der Waals surface area contributed by atoms with E-state index in [-0.39, 0.29) is 18.2 Å². The Hall–Kier alpha value is -1.66. The maximum Gasteiger partial charge on any atom is 0.254 e. The second kappa shape index (κ2) is 7.27. The first-order valence-electron chi connectivity index (χ1n) is 7.83. The molecular weight excluding hydrogens is 312 g/mol. The highest BCUT2D eigenvalue weighted by Crippen LogP contribution is 2.19. The van der Waals surface area contributed by atoms with Crippen molar-refractivity contribution in [1.82, 2.24) is 9.62 Å². The molecule has 0 aliphatic carbocycles. The van der Waals surface area contributed by atoms with Crippen LogP contribution in [0.4, 0.5) is 0 Å². The summed E-state index contributed by atoms with van der Waals surface area (Å²) in [4.78, 5) is 14.4. The summed E-state index contributed by atoms with van der Waals surface area (Å²) in [5, 5.41) is 0. The molecule has 1 aromatic carbocycles. The van der Waals surface area contributed by atoms with E-state index in [1.807, 2.05) is 4.90 Å². The molecule has 1 amide bonds. The van der Waals surface area contributed by atoms with Crippen molar-refractivity contribution in [3.05, 3.63) is 46.5 Å². The second-order valence-electron chi connectivity index (χ2n) is 5.96. The number of hydrogen-bond acceptors (Lipinski definition) is 3. The molecule has 1 N–H and O–H groups in total. The molecule has 6 heteroatoms. The van der Waals surface area contributed by atoms with Crippen LogP contribution in [-0.2, 0) is 16.6 Å². The van der Waals surface area contributed by atoms with E-state index < -0.39 is 10.0 Å². The van der Waals surface area contributed by atoms with Crippen molar-refractivity contribution in [2.45, 2.75) is 33.7 Å². The largest absolute Gasteiger partial charge is 0.334 e. The summed E-state index contributed by atoms with van der Waals surface area (Å²) < 4.78 is 25.4. The van der Waals surface area contributed by atoms with Gasteiger partial charge in [0.25, 0.3) is 5.91 Å². The number of nitrogens with zero attached hydrogens (tertiary/aromatic N) is 1.